The number of ether oxygens (including phenoxy) is 1. The Bertz CT molecular complexity index is 1580. The van der Waals surface area contributed by atoms with Crippen molar-refractivity contribution in [2.24, 2.45) is 10.7 Å². The zero-order valence-electron chi connectivity index (χ0n) is 25.9. The molecule has 1 aliphatic rings. The lowest BCUT2D eigenvalue weighted by Crippen LogP contribution is -2.43. The second-order valence-electron chi connectivity index (χ2n) is 11.2. The lowest BCUT2D eigenvalue weighted by molar-refractivity contribution is -0.132. The van der Waals surface area contributed by atoms with Gasteiger partial charge in [-0.25, -0.2) is 4.99 Å². The first-order valence-corrected chi connectivity index (χ1v) is 15.1. The number of anilines is 2. The van der Waals surface area contributed by atoms with E-state index in [1.54, 1.807) is 4.90 Å². The first kappa shape index (κ1) is 31.1. The second kappa shape index (κ2) is 14.9. The standard InChI is InChI=1S/C36H40N6O3/c1-40(2)32-19-10-9-17-31(32)38-34(43)26-42-25-29-30(39-36(42)37)18-11-20-33(29)45-22-12-21-35(44)41(23-27-13-5-3-6-14-27)24-28-15-7-4-8-16-28/h3-11,13-20H,12,21-26H2,1-2H3,(H2,37,39)(H,38,43). The zero-order chi connectivity index (χ0) is 31.6. The third-order valence-corrected chi connectivity index (χ3v) is 7.59. The van der Waals surface area contributed by atoms with E-state index in [9.17, 15) is 9.59 Å². The lowest BCUT2D eigenvalue weighted by atomic mass is 10.1. The highest BCUT2D eigenvalue weighted by molar-refractivity contribution is 5.98. The quantitative estimate of drug-likeness (QED) is 0.194. The highest BCUT2D eigenvalue weighted by Gasteiger charge is 2.23. The van der Waals surface area contributed by atoms with Gasteiger partial charge in [-0.05, 0) is 41.8 Å². The van der Waals surface area contributed by atoms with Gasteiger partial charge in [0.2, 0.25) is 11.8 Å². The summed E-state index contributed by atoms with van der Waals surface area (Å²) in [7, 11) is 3.86. The number of nitrogens with zero attached hydrogens (tertiary/aromatic N) is 4. The summed E-state index contributed by atoms with van der Waals surface area (Å²) >= 11 is 0. The van der Waals surface area contributed by atoms with Gasteiger partial charge in [0.15, 0.2) is 5.96 Å². The highest BCUT2D eigenvalue weighted by Crippen LogP contribution is 2.33. The Labute approximate surface area is 264 Å². The van der Waals surface area contributed by atoms with Crippen LogP contribution < -0.4 is 20.7 Å². The fourth-order valence-corrected chi connectivity index (χ4v) is 5.29. The van der Waals surface area contributed by atoms with E-state index in [2.05, 4.69) is 10.3 Å². The SMILES string of the molecule is CN(C)c1ccccc1NC(=O)CN1Cc2c(cccc2OCCCC(=O)N(Cc2ccccc2)Cc2ccccc2)N=C1N. The third-order valence-electron chi connectivity index (χ3n) is 7.59. The number of benzene rings is 4. The van der Waals surface area contributed by atoms with Crippen LogP contribution in [0.2, 0.25) is 0 Å². The van der Waals surface area contributed by atoms with Crippen LogP contribution >= 0.6 is 0 Å². The molecule has 0 aliphatic carbocycles. The van der Waals surface area contributed by atoms with Gasteiger partial charge in [0.1, 0.15) is 12.3 Å². The number of carbonyl (C=O) groups is 2. The van der Waals surface area contributed by atoms with Crippen LogP contribution in [0.4, 0.5) is 17.1 Å². The topological polar surface area (TPSA) is 104 Å². The van der Waals surface area contributed by atoms with Gasteiger partial charge in [-0.1, -0.05) is 78.9 Å². The van der Waals surface area contributed by atoms with Crippen molar-refractivity contribution in [3.8, 4) is 5.75 Å². The van der Waals surface area contributed by atoms with E-state index in [1.165, 1.54) is 0 Å². The molecular formula is C36H40N6O3. The maximum absolute atomic E-state index is 13.4. The van der Waals surface area contributed by atoms with Crippen LogP contribution in [0.1, 0.15) is 29.5 Å². The number of para-hydroxylation sites is 2. The predicted molar refractivity (Wildman–Crippen MR) is 179 cm³/mol. The van der Waals surface area contributed by atoms with Crippen molar-refractivity contribution in [3.63, 3.8) is 0 Å². The Kier molecular flexibility index (Phi) is 10.3. The predicted octanol–water partition coefficient (Wildman–Crippen LogP) is 5.54. The van der Waals surface area contributed by atoms with Crippen LogP contribution in [0.3, 0.4) is 0 Å². The van der Waals surface area contributed by atoms with E-state index in [-0.39, 0.29) is 24.3 Å². The fourth-order valence-electron chi connectivity index (χ4n) is 5.29. The third kappa shape index (κ3) is 8.41. The van der Waals surface area contributed by atoms with Crippen molar-refractivity contribution in [1.29, 1.82) is 0 Å². The minimum absolute atomic E-state index is 0.0397. The molecule has 5 rings (SSSR count). The molecule has 0 aromatic heterocycles. The first-order chi connectivity index (χ1) is 21.9. The molecule has 0 saturated heterocycles. The average molecular weight is 605 g/mol. The van der Waals surface area contributed by atoms with Crippen LogP contribution in [0, 0.1) is 0 Å². The average Bonchev–Trinajstić information content (AvgIpc) is 3.04. The van der Waals surface area contributed by atoms with E-state index in [4.69, 9.17) is 10.5 Å². The van der Waals surface area contributed by atoms with Crippen LogP contribution in [0.15, 0.2) is 108 Å². The molecule has 4 aromatic rings. The fraction of sp³-hybridized carbons (Fsp3) is 0.250. The van der Waals surface area contributed by atoms with E-state index < -0.39 is 0 Å². The largest absolute Gasteiger partial charge is 0.493 e. The summed E-state index contributed by atoms with van der Waals surface area (Å²) in [4.78, 5) is 36.5. The van der Waals surface area contributed by atoms with Crippen molar-refractivity contribution >= 4 is 34.8 Å². The monoisotopic (exact) mass is 604 g/mol. The Hall–Kier alpha value is -5.31. The van der Waals surface area contributed by atoms with Crippen molar-refractivity contribution < 1.29 is 14.3 Å². The second-order valence-corrected chi connectivity index (χ2v) is 11.2. The van der Waals surface area contributed by atoms with Crippen LogP contribution in [0.5, 0.6) is 5.75 Å². The van der Waals surface area contributed by atoms with Crippen molar-refractivity contribution in [2.45, 2.75) is 32.5 Å². The summed E-state index contributed by atoms with van der Waals surface area (Å²) < 4.78 is 6.18. The molecule has 0 fully saturated rings. The van der Waals surface area contributed by atoms with Crippen LogP contribution in [0.25, 0.3) is 0 Å². The first-order valence-electron chi connectivity index (χ1n) is 15.1. The van der Waals surface area contributed by atoms with Gasteiger partial charge >= 0.3 is 0 Å². The normalized spacial score (nSPS) is 12.1. The summed E-state index contributed by atoms with van der Waals surface area (Å²) in [6.07, 6.45) is 0.923. The molecule has 232 valence electrons. The number of amides is 2. The molecule has 0 bridgehead atoms. The smallest absolute Gasteiger partial charge is 0.244 e. The Morgan fingerprint density at radius 2 is 1.51 bits per heavy atom. The van der Waals surface area contributed by atoms with Gasteiger partial charge < -0.3 is 30.5 Å². The molecule has 1 aliphatic heterocycles. The summed E-state index contributed by atoms with van der Waals surface area (Å²) in [5, 5.41) is 2.99. The Balaban J connectivity index is 1.18. The lowest BCUT2D eigenvalue weighted by Gasteiger charge is -2.29. The molecule has 0 unspecified atom stereocenters. The van der Waals surface area contributed by atoms with Crippen LogP contribution in [-0.4, -0.2) is 54.8 Å². The highest BCUT2D eigenvalue weighted by atomic mass is 16.5. The van der Waals surface area contributed by atoms with E-state index in [0.29, 0.717) is 50.5 Å². The number of rotatable bonds is 13. The molecule has 3 N–H and O–H groups in total. The van der Waals surface area contributed by atoms with Gasteiger partial charge in [0.25, 0.3) is 0 Å². The van der Waals surface area contributed by atoms with Gasteiger partial charge in [0, 0.05) is 39.2 Å². The minimum Gasteiger partial charge on any atom is -0.493 e. The number of nitrogens with two attached hydrogens (primary N) is 1. The summed E-state index contributed by atoms with van der Waals surface area (Å²) in [6, 6.07) is 33.4. The summed E-state index contributed by atoms with van der Waals surface area (Å²) in [6.45, 7) is 1.88. The van der Waals surface area contributed by atoms with E-state index in [0.717, 1.165) is 28.1 Å². The summed E-state index contributed by atoms with van der Waals surface area (Å²) in [5.41, 5.74) is 11.7. The Morgan fingerprint density at radius 1 is 0.867 bits per heavy atom. The molecule has 0 saturated carbocycles. The molecule has 9 heteroatoms. The molecule has 1 heterocycles. The molecule has 9 nitrogen and oxygen atoms in total. The molecular weight excluding hydrogens is 564 g/mol. The zero-order valence-corrected chi connectivity index (χ0v) is 25.9. The van der Waals surface area contributed by atoms with E-state index in [1.807, 2.05) is 127 Å². The number of guanidine groups is 1. The van der Waals surface area contributed by atoms with Crippen LogP contribution in [-0.2, 0) is 29.2 Å². The van der Waals surface area contributed by atoms with E-state index >= 15 is 0 Å². The number of nitrogens with one attached hydrogen (secondary N) is 1. The molecule has 45 heavy (non-hydrogen) atoms. The Morgan fingerprint density at radius 3 is 2.18 bits per heavy atom. The molecule has 2 amide bonds. The number of hydrogen-bond donors (Lipinski definition) is 2. The number of hydrogen-bond acceptors (Lipinski definition) is 7. The maximum Gasteiger partial charge on any atom is 0.244 e. The van der Waals surface area contributed by atoms with Crippen molar-refractivity contribution in [3.05, 3.63) is 120 Å². The number of carbonyl (C=O) groups excluding carboxylic acids is 2. The van der Waals surface area contributed by atoms with Crippen molar-refractivity contribution in [1.82, 2.24) is 9.80 Å². The molecule has 4 aromatic carbocycles. The van der Waals surface area contributed by atoms with Gasteiger partial charge in [-0.15, -0.1) is 0 Å². The number of aliphatic imine (C=N–C) groups is 1. The summed E-state index contributed by atoms with van der Waals surface area (Å²) in [5.74, 6) is 0.827. The van der Waals surface area contributed by atoms with Gasteiger partial charge in [-0.2, -0.15) is 0 Å². The number of fused-ring (bicyclic) bond motifs is 1. The maximum atomic E-state index is 13.4. The molecule has 0 spiro atoms. The molecule has 0 atom stereocenters. The van der Waals surface area contributed by atoms with Crippen molar-refractivity contribution in [2.75, 3.05) is 37.5 Å². The molecule has 0 radical (unpaired) electrons. The van der Waals surface area contributed by atoms with Gasteiger partial charge in [-0.3, -0.25) is 9.59 Å². The van der Waals surface area contributed by atoms with Gasteiger partial charge in [0.05, 0.1) is 30.2 Å². The minimum atomic E-state index is -0.196.